The molecule has 164 valence electrons. The van der Waals surface area contributed by atoms with Crippen molar-refractivity contribution < 1.29 is 18.0 Å². The maximum absolute atomic E-state index is 12.9. The summed E-state index contributed by atoms with van der Waals surface area (Å²) in [7, 11) is 0. The third-order valence-corrected chi connectivity index (χ3v) is 5.62. The van der Waals surface area contributed by atoms with Gasteiger partial charge in [-0.15, -0.1) is 0 Å². The van der Waals surface area contributed by atoms with Gasteiger partial charge in [-0.05, 0) is 47.0 Å². The van der Waals surface area contributed by atoms with Gasteiger partial charge in [0.25, 0.3) is 0 Å². The first-order valence-corrected chi connectivity index (χ1v) is 10.4. The van der Waals surface area contributed by atoms with Gasteiger partial charge in [0.05, 0.1) is 5.56 Å². The number of aromatic nitrogens is 1. The van der Waals surface area contributed by atoms with Crippen molar-refractivity contribution in [2.75, 3.05) is 0 Å². The fourth-order valence-corrected chi connectivity index (χ4v) is 4.03. The molecule has 1 atom stereocenters. The van der Waals surface area contributed by atoms with Crippen molar-refractivity contribution in [3.05, 3.63) is 106 Å². The number of para-hydroxylation sites is 1. The Balaban J connectivity index is 1.56. The zero-order valence-corrected chi connectivity index (χ0v) is 17.7. The second-order valence-electron chi connectivity index (χ2n) is 7.58. The van der Waals surface area contributed by atoms with E-state index in [1.807, 2.05) is 48.7 Å². The van der Waals surface area contributed by atoms with E-state index in [4.69, 9.17) is 11.6 Å². The Morgan fingerprint density at radius 1 is 1.00 bits per heavy atom. The topological polar surface area (TPSA) is 44.9 Å². The van der Waals surface area contributed by atoms with E-state index in [-0.39, 0.29) is 24.8 Å². The lowest BCUT2D eigenvalue weighted by molar-refractivity contribution is -0.137. The normalized spacial score (nSPS) is 12.6. The first kappa shape index (κ1) is 22.0. The summed E-state index contributed by atoms with van der Waals surface area (Å²) in [4.78, 5) is 16.1. The van der Waals surface area contributed by atoms with E-state index in [2.05, 4.69) is 10.3 Å². The minimum absolute atomic E-state index is 0.0128. The van der Waals surface area contributed by atoms with Gasteiger partial charge < -0.3 is 10.3 Å². The van der Waals surface area contributed by atoms with Crippen molar-refractivity contribution in [1.29, 1.82) is 0 Å². The van der Waals surface area contributed by atoms with Gasteiger partial charge in [-0.25, -0.2) is 0 Å². The van der Waals surface area contributed by atoms with E-state index in [1.54, 1.807) is 12.1 Å². The summed E-state index contributed by atoms with van der Waals surface area (Å²) in [5, 5.41) is 4.32. The van der Waals surface area contributed by atoms with Crippen LogP contribution in [0.25, 0.3) is 10.9 Å². The molecule has 0 saturated heterocycles. The molecule has 2 N–H and O–H groups in total. The van der Waals surface area contributed by atoms with Crippen LogP contribution < -0.4 is 5.32 Å². The van der Waals surface area contributed by atoms with Crippen molar-refractivity contribution in [3.63, 3.8) is 0 Å². The monoisotopic (exact) mass is 456 g/mol. The van der Waals surface area contributed by atoms with Crippen molar-refractivity contribution in [2.45, 2.75) is 25.1 Å². The molecule has 0 bridgehead atoms. The average Bonchev–Trinajstić information content (AvgIpc) is 3.19. The number of benzene rings is 3. The van der Waals surface area contributed by atoms with Crippen molar-refractivity contribution in [3.8, 4) is 0 Å². The van der Waals surface area contributed by atoms with Crippen molar-refractivity contribution >= 4 is 28.4 Å². The summed E-state index contributed by atoms with van der Waals surface area (Å²) in [5.74, 6) is -0.538. The largest absolute Gasteiger partial charge is 0.416 e. The summed E-state index contributed by atoms with van der Waals surface area (Å²) < 4.78 is 38.8. The molecule has 1 heterocycles. The molecule has 4 aromatic rings. The van der Waals surface area contributed by atoms with Crippen LogP contribution >= 0.6 is 11.6 Å². The summed E-state index contributed by atoms with van der Waals surface area (Å²) >= 11 is 6.20. The fraction of sp³-hybridized carbons (Fsp3) is 0.160. The lowest BCUT2D eigenvalue weighted by atomic mass is 9.88. The Hall–Kier alpha value is -3.25. The number of H-pyrrole nitrogens is 1. The van der Waals surface area contributed by atoms with Gasteiger partial charge in [-0.3, -0.25) is 4.79 Å². The molecule has 1 unspecified atom stereocenters. The number of hydrogen-bond donors (Lipinski definition) is 2. The van der Waals surface area contributed by atoms with Gasteiger partial charge in [0.15, 0.2) is 0 Å². The predicted molar refractivity (Wildman–Crippen MR) is 120 cm³/mol. The molecule has 0 aliphatic heterocycles. The quantitative estimate of drug-likeness (QED) is 0.334. The van der Waals surface area contributed by atoms with Gasteiger partial charge in [-0.2, -0.15) is 13.2 Å². The van der Waals surface area contributed by atoms with E-state index in [9.17, 15) is 18.0 Å². The van der Waals surface area contributed by atoms with Crippen LogP contribution in [0.2, 0.25) is 5.02 Å². The van der Waals surface area contributed by atoms with Crippen LogP contribution in [-0.2, 0) is 17.5 Å². The third kappa shape index (κ3) is 4.97. The van der Waals surface area contributed by atoms with E-state index >= 15 is 0 Å². The highest BCUT2D eigenvalue weighted by atomic mass is 35.5. The molecule has 1 amide bonds. The molecule has 4 rings (SSSR count). The Labute approximate surface area is 188 Å². The van der Waals surface area contributed by atoms with Crippen LogP contribution in [0.1, 0.15) is 34.6 Å². The Bertz CT molecular complexity index is 1250. The van der Waals surface area contributed by atoms with Crippen LogP contribution in [0.5, 0.6) is 0 Å². The molecular weight excluding hydrogens is 437 g/mol. The van der Waals surface area contributed by atoms with Crippen LogP contribution in [-0.4, -0.2) is 10.9 Å². The van der Waals surface area contributed by atoms with Crippen LogP contribution in [0.4, 0.5) is 13.2 Å². The number of halogens is 4. The van der Waals surface area contributed by atoms with E-state index in [1.165, 1.54) is 6.07 Å². The highest BCUT2D eigenvalue weighted by Gasteiger charge is 2.30. The van der Waals surface area contributed by atoms with E-state index in [0.29, 0.717) is 10.6 Å². The van der Waals surface area contributed by atoms with E-state index in [0.717, 1.165) is 34.2 Å². The second kappa shape index (κ2) is 9.09. The Kier molecular flexibility index (Phi) is 6.24. The lowest BCUT2D eigenvalue weighted by Crippen LogP contribution is -2.25. The number of aromatic amines is 1. The van der Waals surface area contributed by atoms with Crippen molar-refractivity contribution in [1.82, 2.24) is 10.3 Å². The molecule has 0 spiro atoms. The fourth-order valence-electron chi connectivity index (χ4n) is 3.83. The zero-order chi connectivity index (χ0) is 22.7. The summed E-state index contributed by atoms with van der Waals surface area (Å²) in [6.07, 6.45) is -2.41. The number of alkyl halides is 3. The van der Waals surface area contributed by atoms with Gasteiger partial charge in [0.1, 0.15) is 0 Å². The van der Waals surface area contributed by atoms with Gasteiger partial charge in [0.2, 0.25) is 5.91 Å². The number of carbonyl (C=O) groups is 1. The molecule has 32 heavy (non-hydrogen) atoms. The first-order chi connectivity index (χ1) is 15.3. The standard InChI is InChI=1S/C25H20ClF3N2O/c26-19-8-4-6-17(12-19)21(22-15-30-23-10-2-1-9-20(22)23)13-24(32)31-14-16-5-3-7-18(11-16)25(27,28)29/h1-12,15,21,30H,13-14H2,(H,31,32). The Morgan fingerprint density at radius 3 is 2.56 bits per heavy atom. The van der Waals surface area contributed by atoms with Crippen LogP contribution in [0.15, 0.2) is 79.0 Å². The molecular formula is C25H20ClF3N2O. The van der Waals surface area contributed by atoms with Crippen LogP contribution in [0, 0.1) is 0 Å². The molecule has 1 aromatic heterocycles. The molecule has 0 radical (unpaired) electrons. The van der Waals surface area contributed by atoms with Gasteiger partial charge in [-0.1, -0.05) is 54.1 Å². The lowest BCUT2D eigenvalue weighted by Gasteiger charge is -2.18. The predicted octanol–water partition coefficient (Wildman–Crippen LogP) is 6.68. The minimum Gasteiger partial charge on any atom is -0.361 e. The Morgan fingerprint density at radius 2 is 1.78 bits per heavy atom. The number of nitrogens with one attached hydrogen (secondary N) is 2. The van der Waals surface area contributed by atoms with Gasteiger partial charge >= 0.3 is 6.18 Å². The first-order valence-electron chi connectivity index (χ1n) is 10.1. The molecule has 3 aromatic carbocycles. The van der Waals surface area contributed by atoms with Crippen LogP contribution in [0.3, 0.4) is 0 Å². The van der Waals surface area contributed by atoms with Crippen molar-refractivity contribution in [2.24, 2.45) is 0 Å². The summed E-state index contributed by atoms with van der Waals surface area (Å²) in [6, 6.07) is 20.1. The summed E-state index contributed by atoms with van der Waals surface area (Å²) in [5.41, 5.74) is 2.45. The molecule has 0 fully saturated rings. The minimum atomic E-state index is -4.42. The maximum Gasteiger partial charge on any atom is 0.416 e. The number of carbonyl (C=O) groups excluding carboxylic acids is 1. The second-order valence-corrected chi connectivity index (χ2v) is 8.01. The van der Waals surface area contributed by atoms with E-state index < -0.39 is 11.7 Å². The third-order valence-electron chi connectivity index (χ3n) is 5.38. The summed E-state index contributed by atoms with van der Waals surface area (Å²) in [6.45, 7) is 0.0128. The number of amides is 1. The molecule has 7 heteroatoms. The van der Waals surface area contributed by atoms with Gasteiger partial charge in [0, 0.05) is 41.0 Å². The molecule has 3 nitrogen and oxygen atoms in total. The molecule has 0 aliphatic rings. The number of rotatable bonds is 6. The highest BCUT2D eigenvalue weighted by Crippen LogP contribution is 2.34. The smallest absolute Gasteiger partial charge is 0.361 e. The zero-order valence-electron chi connectivity index (χ0n) is 16.9. The number of hydrogen-bond acceptors (Lipinski definition) is 1. The SMILES string of the molecule is O=C(CC(c1cccc(Cl)c1)c1c[nH]c2ccccc12)NCc1cccc(C(F)(F)F)c1. The molecule has 0 saturated carbocycles. The maximum atomic E-state index is 12.9. The molecule has 0 aliphatic carbocycles. The number of fused-ring (bicyclic) bond motifs is 1. The average molecular weight is 457 g/mol. The highest BCUT2D eigenvalue weighted by molar-refractivity contribution is 6.30.